The predicted molar refractivity (Wildman–Crippen MR) is 103 cm³/mol. The highest BCUT2D eigenvalue weighted by atomic mass is 32.2. The number of rotatable bonds is 6. The molecule has 2 rings (SSSR count). The molecule has 1 heterocycles. The molecular formula is C16H30N4O4S2. The average molecular weight is 407 g/mol. The van der Waals surface area contributed by atoms with Crippen LogP contribution < -0.4 is 10.0 Å². The molecule has 8 nitrogen and oxygen atoms in total. The summed E-state index contributed by atoms with van der Waals surface area (Å²) in [7, 11) is -3.88. The highest BCUT2D eigenvalue weighted by Gasteiger charge is 2.30. The van der Waals surface area contributed by atoms with E-state index in [9.17, 15) is 18.0 Å². The van der Waals surface area contributed by atoms with Crippen LogP contribution in [0.4, 0.5) is 4.79 Å². The maximum Gasteiger partial charge on any atom is 0.329 e. The van der Waals surface area contributed by atoms with Crippen molar-refractivity contribution in [1.82, 2.24) is 19.2 Å². The van der Waals surface area contributed by atoms with Gasteiger partial charge in [0.2, 0.25) is 5.91 Å². The number of carbonyl (C=O) groups is 2. The van der Waals surface area contributed by atoms with E-state index >= 15 is 0 Å². The van der Waals surface area contributed by atoms with Crippen molar-refractivity contribution < 1.29 is 18.0 Å². The molecule has 150 valence electrons. The minimum atomic E-state index is -3.88. The lowest BCUT2D eigenvalue weighted by molar-refractivity contribution is -0.129. The van der Waals surface area contributed by atoms with Crippen molar-refractivity contribution >= 4 is 33.9 Å². The Bertz CT molecular complexity index is 583. The van der Waals surface area contributed by atoms with Gasteiger partial charge in [0.1, 0.15) is 0 Å². The molecule has 0 spiro atoms. The van der Waals surface area contributed by atoms with Gasteiger partial charge in [-0.05, 0) is 18.1 Å². The van der Waals surface area contributed by atoms with Gasteiger partial charge >= 0.3 is 16.2 Å². The lowest BCUT2D eigenvalue weighted by Gasteiger charge is -2.34. The molecule has 2 fully saturated rings. The molecule has 1 aliphatic heterocycles. The summed E-state index contributed by atoms with van der Waals surface area (Å²) in [6.07, 6.45) is 5.06. The van der Waals surface area contributed by atoms with E-state index in [4.69, 9.17) is 0 Å². The zero-order chi connectivity index (χ0) is 19.2. The molecule has 10 heteroatoms. The molecule has 26 heavy (non-hydrogen) atoms. The van der Waals surface area contributed by atoms with Crippen molar-refractivity contribution in [2.24, 2.45) is 0 Å². The fraction of sp³-hybridized carbons (Fsp3) is 0.875. The first-order chi connectivity index (χ1) is 12.3. The molecule has 1 saturated heterocycles. The van der Waals surface area contributed by atoms with E-state index in [0.717, 1.165) is 32.1 Å². The molecule has 0 unspecified atom stereocenters. The van der Waals surface area contributed by atoms with E-state index < -0.39 is 16.2 Å². The van der Waals surface area contributed by atoms with Crippen molar-refractivity contribution in [3.8, 4) is 0 Å². The van der Waals surface area contributed by atoms with E-state index in [-0.39, 0.29) is 25.0 Å². The monoisotopic (exact) mass is 406 g/mol. The first-order valence-electron chi connectivity index (χ1n) is 9.25. The zero-order valence-electron chi connectivity index (χ0n) is 15.6. The second-order valence-corrected chi connectivity index (χ2v) is 10.3. The van der Waals surface area contributed by atoms with Crippen molar-refractivity contribution in [3.05, 3.63) is 0 Å². The van der Waals surface area contributed by atoms with Gasteiger partial charge in [-0.2, -0.15) is 12.7 Å². The van der Waals surface area contributed by atoms with Gasteiger partial charge in [0, 0.05) is 32.2 Å². The van der Waals surface area contributed by atoms with Gasteiger partial charge in [0.15, 0.2) is 0 Å². The van der Waals surface area contributed by atoms with E-state index in [1.807, 2.05) is 13.8 Å². The maximum atomic E-state index is 12.4. The van der Waals surface area contributed by atoms with Crippen LogP contribution in [0.5, 0.6) is 0 Å². The minimum Gasteiger partial charge on any atom is -0.339 e. The Kier molecular flexibility index (Phi) is 8.03. The fourth-order valence-electron chi connectivity index (χ4n) is 3.15. The molecule has 0 bridgehead atoms. The number of nitrogens with zero attached hydrogens (tertiary/aromatic N) is 2. The number of nitrogens with one attached hydrogen (secondary N) is 2. The second kappa shape index (κ2) is 9.80. The normalized spacial score (nSPS) is 20.2. The third-order valence-corrected chi connectivity index (χ3v) is 7.20. The molecule has 1 saturated carbocycles. The third kappa shape index (κ3) is 6.62. The summed E-state index contributed by atoms with van der Waals surface area (Å²) in [5.74, 6) is 0.440. The van der Waals surface area contributed by atoms with Crippen molar-refractivity contribution in [1.29, 1.82) is 0 Å². The number of thioether (sulfide) groups is 1. The summed E-state index contributed by atoms with van der Waals surface area (Å²) in [4.78, 5) is 25.8. The van der Waals surface area contributed by atoms with Gasteiger partial charge in [0.25, 0.3) is 0 Å². The molecule has 3 amide bonds. The smallest absolute Gasteiger partial charge is 0.329 e. The number of hydrogen-bond donors (Lipinski definition) is 2. The minimum absolute atomic E-state index is 0.0312. The van der Waals surface area contributed by atoms with Gasteiger partial charge < -0.3 is 10.2 Å². The second-order valence-electron chi connectivity index (χ2n) is 7.06. The van der Waals surface area contributed by atoms with Gasteiger partial charge in [0.05, 0.1) is 5.75 Å². The van der Waals surface area contributed by atoms with Gasteiger partial charge in [-0.25, -0.2) is 9.52 Å². The molecule has 1 aliphatic carbocycles. The quantitative estimate of drug-likeness (QED) is 0.689. The number of amides is 3. The Balaban J connectivity index is 1.77. The first-order valence-corrected chi connectivity index (χ1v) is 11.7. The van der Waals surface area contributed by atoms with Crippen LogP contribution in [0.3, 0.4) is 0 Å². The summed E-state index contributed by atoms with van der Waals surface area (Å²) in [6.45, 7) is 5.17. The molecule has 2 N–H and O–H groups in total. The molecule has 0 aromatic rings. The largest absolute Gasteiger partial charge is 0.339 e. The SMILES string of the molecule is CC(C)SCC(=O)N1CCN(S(=O)(=O)NC(=O)NC2CCCCC2)CC1. The molecule has 2 aliphatic rings. The maximum absolute atomic E-state index is 12.4. The van der Waals surface area contributed by atoms with Crippen LogP contribution in [-0.4, -0.2) is 72.8 Å². The Labute approximate surface area is 160 Å². The number of urea groups is 1. The van der Waals surface area contributed by atoms with Crippen LogP contribution in [0.25, 0.3) is 0 Å². The summed E-state index contributed by atoms with van der Waals surface area (Å²) in [6, 6.07) is -0.615. The molecule has 0 atom stereocenters. The summed E-state index contributed by atoms with van der Waals surface area (Å²) in [5.41, 5.74) is 0. The van der Waals surface area contributed by atoms with Crippen LogP contribution in [-0.2, 0) is 15.0 Å². The van der Waals surface area contributed by atoms with Crippen LogP contribution in [0.2, 0.25) is 0 Å². The Hall–Kier alpha value is -1.00. The summed E-state index contributed by atoms with van der Waals surface area (Å²) < 4.78 is 28.1. The summed E-state index contributed by atoms with van der Waals surface area (Å²) in [5, 5.41) is 3.13. The van der Waals surface area contributed by atoms with Crippen molar-refractivity contribution in [2.45, 2.75) is 57.2 Å². The highest BCUT2D eigenvalue weighted by Crippen LogP contribution is 2.17. The average Bonchev–Trinajstić information content (AvgIpc) is 2.60. The number of hydrogen-bond acceptors (Lipinski definition) is 5. The van der Waals surface area contributed by atoms with Crippen LogP contribution in [0.15, 0.2) is 0 Å². The number of carbonyl (C=O) groups excluding carboxylic acids is 2. The lowest BCUT2D eigenvalue weighted by atomic mass is 9.96. The Morgan fingerprint density at radius 2 is 1.69 bits per heavy atom. The molecule has 0 aromatic carbocycles. The van der Waals surface area contributed by atoms with Gasteiger partial charge in [-0.1, -0.05) is 33.1 Å². The Morgan fingerprint density at radius 1 is 1.08 bits per heavy atom. The van der Waals surface area contributed by atoms with E-state index in [1.54, 1.807) is 16.7 Å². The standard InChI is InChI=1S/C16H30N4O4S2/c1-13(2)25-12-15(21)19-8-10-20(11-9-19)26(23,24)18-16(22)17-14-6-4-3-5-7-14/h13-14H,3-12H2,1-2H3,(H2,17,18,22). The van der Waals surface area contributed by atoms with Crippen LogP contribution in [0.1, 0.15) is 46.0 Å². The fourth-order valence-corrected chi connectivity index (χ4v) is 4.88. The highest BCUT2D eigenvalue weighted by molar-refractivity contribution is 8.00. The zero-order valence-corrected chi connectivity index (χ0v) is 17.2. The van der Waals surface area contributed by atoms with Gasteiger partial charge in [-0.15, -0.1) is 11.8 Å². The van der Waals surface area contributed by atoms with E-state index in [0.29, 0.717) is 24.1 Å². The summed E-state index contributed by atoms with van der Waals surface area (Å²) >= 11 is 1.58. The van der Waals surface area contributed by atoms with E-state index in [1.165, 1.54) is 4.31 Å². The lowest BCUT2D eigenvalue weighted by Crippen LogP contribution is -2.56. The van der Waals surface area contributed by atoms with Gasteiger partial charge in [-0.3, -0.25) is 4.79 Å². The first kappa shape index (κ1) is 21.3. The van der Waals surface area contributed by atoms with E-state index in [2.05, 4.69) is 10.0 Å². The predicted octanol–water partition coefficient (Wildman–Crippen LogP) is 1.15. The molecule has 0 radical (unpaired) electrons. The third-order valence-electron chi connectivity index (χ3n) is 4.63. The number of piperazine rings is 1. The van der Waals surface area contributed by atoms with Crippen molar-refractivity contribution in [3.63, 3.8) is 0 Å². The van der Waals surface area contributed by atoms with Crippen LogP contribution >= 0.6 is 11.8 Å². The molecule has 0 aromatic heterocycles. The Morgan fingerprint density at radius 3 is 2.27 bits per heavy atom. The van der Waals surface area contributed by atoms with Crippen LogP contribution in [0, 0.1) is 0 Å². The molecular weight excluding hydrogens is 376 g/mol. The van der Waals surface area contributed by atoms with Crippen molar-refractivity contribution in [2.75, 3.05) is 31.9 Å². The topological polar surface area (TPSA) is 98.8 Å².